The van der Waals surface area contributed by atoms with Gasteiger partial charge in [0.05, 0.1) is 0 Å². The minimum Gasteiger partial charge on any atom is -0.403 e. The molecule has 0 saturated carbocycles. The largest absolute Gasteiger partial charge is 0.549 e. The Balaban J connectivity index is 2.74. The zero-order valence-corrected chi connectivity index (χ0v) is 11.4. The number of hydrogen-bond donors (Lipinski definition) is 0. The van der Waals surface area contributed by atoms with Gasteiger partial charge in [-0.25, -0.2) is 10.3 Å². The highest BCUT2D eigenvalue weighted by atomic mass is 127. The Kier molecular flexibility index (Phi) is 4.95. The summed E-state index contributed by atoms with van der Waals surface area (Å²) in [6, 6.07) is 8.68. The quantitative estimate of drug-likeness (QED) is 0.542. The van der Waals surface area contributed by atoms with Gasteiger partial charge in [-0.15, -0.1) is 0 Å². The Morgan fingerprint density at radius 3 is 2.08 bits per heavy atom. The summed E-state index contributed by atoms with van der Waals surface area (Å²) in [4.78, 5) is 0. The second-order valence-electron chi connectivity index (χ2n) is 1.99. The summed E-state index contributed by atoms with van der Waals surface area (Å²) in [5.41, 5.74) is 0. The summed E-state index contributed by atoms with van der Waals surface area (Å²) in [7, 11) is -3.43. The number of benzene rings is 1. The minimum atomic E-state index is -3.43. The first-order valence-corrected chi connectivity index (χ1v) is 6.38. The molecule has 1 aromatic rings. The lowest BCUT2D eigenvalue weighted by Crippen LogP contribution is -1.91. The van der Waals surface area contributed by atoms with Gasteiger partial charge in [-0.2, -0.15) is 0 Å². The lowest BCUT2D eigenvalue weighted by molar-refractivity contribution is 0.357. The van der Waals surface area contributed by atoms with Crippen LogP contribution in [0.15, 0.2) is 30.3 Å². The molecule has 72 valence electrons. The van der Waals surface area contributed by atoms with E-state index < -0.39 is 7.82 Å². The fraction of sp³-hybridized carbons (Fsp3) is 0. The zero-order valence-electron chi connectivity index (χ0n) is 6.22. The molecule has 0 bridgehead atoms. The molecule has 0 heterocycles. The van der Waals surface area contributed by atoms with E-state index in [1.54, 1.807) is 24.3 Å². The molecule has 4 nitrogen and oxygen atoms in total. The highest BCUT2D eigenvalue weighted by Crippen LogP contribution is 2.53. The number of halogens is 2. The molecule has 0 N–H and O–H groups in total. The first kappa shape index (κ1) is 11.7. The highest BCUT2D eigenvalue weighted by molar-refractivity contribution is 14.1. The molecular weight excluding hydrogens is 421 g/mol. The van der Waals surface area contributed by atoms with Gasteiger partial charge >= 0.3 is 7.82 Å². The van der Waals surface area contributed by atoms with Crippen LogP contribution in [-0.2, 0) is 10.3 Å². The van der Waals surface area contributed by atoms with E-state index in [0.29, 0.717) is 5.75 Å². The van der Waals surface area contributed by atoms with Crippen molar-refractivity contribution in [3.8, 4) is 5.75 Å². The Morgan fingerprint density at radius 1 is 1.08 bits per heavy atom. The van der Waals surface area contributed by atoms with Crippen molar-refractivity contribution >= 4 is 53.8 Å². The molecule has 7 heteroatoms. The van der Waals surface area contributed by atoms with Crippen LogP contribution >= 0.6 is 53.8 Å². The van der Waals surface area contributed by atoms with E-state index in [0.717, 1.165) is 0 Å². The zero-order chi connectivity index (χ0) is 9.73. The molecule has 0 radical (unpaired) electrons. The van der Waals surface area contributed by atoms with Crippen LogP contribution in [0.4, 0.5) is 0 Å². The molecule has 0 fully saturated rings. The molecule has 0 aromatic heterocycles. The average Bonchev–Trinajstić information content (AvgIpc) is 2.19. The summed E-state index contributed by atoms with van der Waals surface area (Å²) in [5.74, 6) is 0.444. The van der Waals surface area contributed by atoms with E-state index >= 15 is 0 Å². The van der Waals surface area contributed by atoms with Crippen LogP contribution in [0.3, 0.4) is 0 Å². The smallest absolute Gasteiger partial charge is 0.403 e. The molecule has 0 atom stereocenters. The molecule has 0 amide bonds. The van der Waals surface area contributed by atoms with Crippen molar-refractivity contribution in [2.75, 3.05) is 0 Å². The van der Waals surface area contributed by atoms with Crippen molar-refractivity contribution in [1.82, 2.24) is 0 Å². The first-order chi connectivity index (χ1) is 6.20. The molecule has 1 rings (SSSR count). The van der Waals surface area contributed by atoms with Gasteiger partial charge in [0, 0.05) is 0 Å². The topological polar surface area (TPSA) is 44.8 Å². The maximum absolute atomic E-state index is 11.4. The minimum absolute atomic E-state index is 0.444. The number of para-hydroxylation sites is 1. The van der Waals surface area contributed by atoms with E-state index in [4.69, 9.17) is 4.52 Å². The lowest BCUT2D eigenvalue weighted by atomic mass is 10.3. The number of phosphoric acid groups is 1. The van der Waals surface area contributed by atoms with Crippen molar-refractivity contribution in [3.63, 3.8) is 0 Å². The molecule has 13 heavy (non-hydrogen) atoms. The van der Waals surface area contributed by atoms with E-state index in [1.807, 2.05) is 6.07 Å². The maximum Gasteiger partial charge on any atom is 0.549 e. The summed E-state index contributed by atoms with van der Waals surface area (Å²) in [6.45, 7) is 0. The third kappa shape index (κ3) is 3.70. The van der Waals surface area contributed by atoms with Gasteiger partial charge in [-0.1, -0.05) is 18.2 Å². The Bertz CT molecular complexity index is 297. The SMILES string of the molecule is O=P(OI)(OI)Oc1ccccc1. The summed E-state index contributed by atoms with van der Waals surface area (Å²) < 4.78 is 25.6. The van der Waals surface area contributed by atoms with Crippen molar-refractivity contribution in [3.05, 3.63) is 30.3 Å². The van der Waals surface area contributed by atoms with Crippen LogP contribution in [0, 0.1) is 0 Å². The standard InChI is InChI=1S/C6H5I2O4P/c7-11-13(9,12-8)10-6-4-2-1-3-5-6/h1-5H. The highest BCUT2D eigenvalue weighted by Gasteiger charge is 2.27. The van der Waals surface area contributed by atoms with Crippen LogP contribution in [0.25, 0.3) is 0 Å². The number of hydrogen-bond acceptors (Lipinski definition) is 4. The van der Waals surface area contributed by atoms with Gasteiger partial charge in [0.25, 0.3) is 0 Å². The fourth-order valence-corrected chi connectivity index (χ4v) is 2.99. The van der Waals surface area contributed by atoms with Gasteiger partial charge in [0.1, 0.15) is 51.8 Å². The fourth-order valence-electron chi connectivity index (χ4n) is 0.649. The van der Waals surface area contributed by atoms with Crippen LogP contribution < -0.4 is 4.52 Å². The van der Waals surface area contributed by atoms with Gasteiger partial charge in [0.2, 0.25) is 0 Å². The predicted molar refractivity (Wildman–Crippen MR) is 64.9 cm³/mol. The third-order valence-corrected chi connectivity index (χ3v) is 4.80. The average molecular weight is 426 g/mol. The van der Waals surface area contributed by atoms with E-state index in [1.165, 1.54) is 46.0 Å². The molecule has 0 saturated heterocycles. The summed E-state index contributed by atoms with van der Waals surface area (Å²) >= 11 is 2.95. The Labute approximate surface area is 104 Å². The molecular formula is C6H5I2O4P. The molecule has 0 unspecified atom stereocenters. The van der Waals surface area contributed by atoms with Gasteiger partial charge < -0.3 is 4.52 Å². The van der Waals surface area contributed by atoms with E-state index in [-0.39, 0.29) is 0 Å². The summed E-state index contributed by atoms with van der Waals surface area (Å²) in [6.07, 6.45) is 0. The Hall–Kier alpha value is 0.630. The van der Waals surface area contributed by atoms with Crippen LogP contribution in [-0.4, -0.2) is 0 Å². The maximum atomic E-state index is 11.4. The summed E-state index contributed by atoms with van der Waals surface area (Å²) in [5, 5.41) is 0. The molecule has 0 aliphatic rings. The van der Waals surface area contributed by atoms with E-state index in [2.05, 4.69) is 5.71 Å². The van der Waals surface area contributed by atoms with Crippen LogP contribution in [0.1, 0.15) is 0 Å². The Morgan fingerprint density at radius 2 is 1.62 bits per heavy atom. The van der Waals surface area contributed by atoms with Gasteiger partial charge in [-0.3, -0.25) is 0 Å². The lowest BCUT2D eigenvalue weighted by Gasteiger charge is -2.10. The predicted octanol–water partition coefficient (Wildman–Crippen LogP) is 3.91. The molecule has 1 aromatic carbocycles. The van der Waals surface area contributed by atoms with Gasteiger partial charge in [0.15, 0.2) is 0 Å². The number of rotatable bonds is 4. The van der Waals surface area contributed by atoms with Crippen molar-refractivity contribution in [2.45, 2.75) is 0 Å². The van der Waals surface area contributed by atoms with Crippen molar-refractivity contribution in [1.29, 1.82) is 0 Å². The second kappa shape index (κ2) is 5.50. The third-order valence-electron chi connectivity index (χ3n) is 1.13. The molecule has 0 aliphatic heterocycles. The first-order valence-electron chi connectivity index (χ1n) is 3.15. The normalized spacial score (nSPS) is 11.2. The van der Waals surface area contributed by atoms with Crippen molar-refractivity contribution in [2.24, 2.45) is 0 Å². The van der Waals surface area contributed by atoms with Crippen LogP contribution in [0.2, 0.25) is 0 Å². The second-order valence-corrected chi connectivity index (χ2v) is 5.71. The molecule has 0 spiro atoms. The van der Waals surface area contributed by atoms with Crippen molar-refractivity contribution < 1.29 is 14.8 Å². The monoisotopic (exact) mass is 426 g/mol. The molecule has 0 aliphatic carbocycles. The van der Waals surface area contributed by atoms with Crippen LogP contribution in [0.5, 0.6) is 5.75 Å². The van der Waals surface area contributed by atoms with Gasteiger partial charge in [-0.05, 0) is 12.1 Å². The van der Waals surface area contributed by atoms with E-state index in [9.17, 15) is 4.57 Å².